The molecule has 0 bridgehead atoms. The van der Waals surface area contributed by atoms with Crippen LogP contribution in [0.5, 0.6) is 0 Å². The Bertz CT molecular complexity index is 620. The molecule has 17 heavy (non-hydrogen) atoms. The minimum Gasteiger partial charge on any atom is -0.276 e. The first-order chi connectivity index (χ1) is 8.18. The topological polar surface area (TPSA) is 79.0 Å². The average Bonchev–Trinajstić information content (AvgIpc) is 2.89. The number of aromatic nitrogens is 3. The normalized spacial score (nSPS) is 16.2. The van der Waals surface area contributed by atoms with Crippen molar-refractivity contribution >= 4 is 40.1 Å². The molecule has 0 spiro atoms. The summed E-state index contributed by atoms with van der Waals surface area (Å²) >= 11 is 5.93. The fraction of sp³-hybridized carbons (Fsp3) is 0.200. The van der Waals surface area contributed by atoms with Crippen LogP contribution in [0.15, 0.2) is 12.4 Å². The molecule has 0 atom stereocenters. The molecule has 0 aromatic carbocycles. The molecule has 1 N–H and O–H groups in total. The van der Waals surface area contributed by atoms with Gasteiger partial charge in [-0.2, -0.15) is 5.10 Å². The van der Waals surface area contributed by atoms with Gasteiger partial charge in [-0.05, 0) is 0 Å². The number of aromatic amines is 1. The first-order valence-electron chi connectivity index (χ1n) is 5.02. The van der Waals surface area contributed by atoms with E-state index in [0.29, 0.717) is 21.7 Å². The van der Waals surface area contributed by atoms with Crippen molar-refractivity contribution < 1.29 is 9.59 Å². The Morgan fingerprint density at radius 1 is 1.24 bits per heavy atom. The summed E-state index contributed by atoms with van der Waals surface area (Å²) in [4.78, 5) is 28.4. The van der Waals surface area contributed by atoms with E-state index in [2.05, 4.69) is 15.2 Å². The molecule has 2 aromatic heterocycles. The van der Waals surface area contributed by atoms with Crippen molar-refractivity contribution in [1.29, 1.82) is 0 Å². The lowest BCUT2D eigenvalue weighted by Gasteiger charge is -2.13. The number of hydrogen-bond acceptors (Lipinski definition) is 4. The van der Waals surface area contributed by atoms with Gasteiger partial charge in [0, 0.05) is 12.8 Å². The first-order valence-corrected chi connectivity index (χ1v) is 5.39. The van der Waals surface area contributed by atoms with Gasteiger partial charge in [0.1, 0.15) is 0 Å². The zero-order valence-corrected chi connectivity index (χ0v) is 9.36. The van der Waals surface area contributed by atoms with Crippen molar-refractivity contribution in [3.05, 3.63) is 17.4 Å². The van der Waals surface area contributed by atoms with E-state index in [1.54, 1.807) is 0 Å². The molecule has 0 saturated carbocycles. The molecule has 7 heteroatoms. The van der Waals surface area contributed by atoms with Crippen LogP contribution in [0.2, 0.25) is 5.02 Å². The Morgan fingerprint density at radius 2 is 1.94 bits per heavy atom. The van der Waals surface area contributed by atoms with Crippen LogP contribution in [-0.2, 0) is 9.59 Å². The number of rotatable bonds is 1. The van der Waals surface area contributed by atoms with Gasteiger partial charge in [-0.25, -0.2) is 9.88 Å². The molecule has 1 saturated heterocycles. The largest absolute Gasteiger partial charge is 0.276 e. The highest BCUT2D eigenvalue weighted by Gasteiger charge is 2.32. The molecular formula is C10H7ClN4O2. The van der Waals surface area contributed by atoms with E-state index in [1.165, 1.54) is 12.4 Å². The Balaban J connectivity index is 2.24. The SMILES string of the molecule is O=C1CCC(=O)N1c1ncc(Cl)c2[nH]ncc12. The third kappa shape index (κ3) is 1.41. The standard InChI is InChI=1S/C10H7ClN4O2/c11-6-4-12-10(5-3-13-14-9(5)6)15-7(16)1-2-8(15)17/h3-4H,1-2H2,(H,13,14). The van der Waals surface area contributed by atoms with Crippen molar-refractivity contribution in [1.82, 2.24) is 15.2 Å². The maximum atomic E-state index is 11.6. The zero-order chi connectivity index (χ0) is 12.0. The van der Waals surface area contributed by atoms with E-state index in [1.807, 2.05) is 0 Å². The second-order valence-electron chi connectivity index (χ2n) is 3.71. The summed E-state index contributed by atoms with van der Waals surface area (Å²) in [6.07, 6.45) is 3.35. The van der Waals surface area contributed by atoms with E-state index in [-0.39, 0.29) is 24.7 Å². The lowest BCUT2D eigenvalue weighted by Crippen LogP contribution is -2.29. The van der Waals surface area contributed by atoms with Gasteiger partial charge in [-0.1, -0.05) is 11.6 Å². The van der Waals surface area contributed by atoms with Crippen molar-refractivity contribution in [2.24, 2.45) is 0 Å². The number of nitrogens with zero attached hydrogens (tertiary/aromatic N) is 3. The molecule has 0 aliphatic carbocycles. The molecule has 1 fully saturated rings. The number of amides is 2. The lowest BCUT2D eigenvalue weighted by atomic mass is 10.3. The summed E-state index contributed by atoms with van der Waals surface area (Å²) in [5.41, 5.74) is 0.573. The average molecular weight is 251 g/mol. The van der Waals surface area contributed by atoms with E-state index in [9.17, 15) is 9.59 Å². The third-order valence-corrected chi connectivity index (χ3v) is 2.97. The maximum absolute atomic E-state index is 11.6. The van der Waals surface area contributed by atoms with Gasteiger partial charge in [0.2, 0.25) is 11.8 Å². The molecule has 2 aromatic rings. The van der Waals surface area contributed by atoms with Crippen molar-refractivity contribution in [3.63, 3.8) is 0 Å². The quantitative estimate of drug-likeness (QED) is 0.773. The second-order valence-corrected chi connectivity index (χ2v) is 4.12. The van der Waals surface area contributed by atoms with Crippen LogP contribution in [0, 0.1) is 0 Å². The van der Waals surface area contributed by atoms with Crippen molar-refractivity contribution in [2.75, 3.05) is 4.90 Å². The minimum atomic E-state index is -0.243. The van der Waals surface area contributed by atoms with Crippen molar-refractivity contribution in [2.45, 2.75) is 12.8 Å². The molecule has 0 radical (unpaired) electrons. The number of carbonyl (C=O) groups excluding carboxylic acids is 2. The van der Waals surface area contributed by atoms with Gasteiger partial charge in [-0.15, -0.1) is 0 Å². The smallest absolute Gasteiger partial charge is 0.235 e. The Labute approximate surface area is 101 Å². The molecule has 3 heterocycles. The number of fused-ring (bicyclic) bond motifs is 1. The predicted octanol–water partition coefficient (Wildman–Crippen LogP) is 1.26. The van der Waals surface area contributed by atoms with Crippen LogP contribution in [0.4, 0.5) is 5.82 Å². The number of carbonyl (C=O) groups is 2. The summed E-state index contributed by atoms with van der Waals surface area (Å²) < 4.78 is 0. The number of pyridine rings is 1. The number of halogens is 1. The van der Waals surface area contributed by atoms with Crippen LogP contribution in [0.25, 0.3) is 10.9 Å². The highest BCUT2D eigenvalue weighted by Crippen LogP contribution is 2.30. The van der Waals surface area contributed by atoms with E-state index in [0.717, 1.165) is 4.90 Å². The first kappa shape index (κ1) is 10.2. The fourth-order valence-corrected chi connectivity index (χ4v) is 2.07. The second kappa shape index (κ2) is 3.53. The van der Waals surface area contributed by atoms with Gasteiger partial charge in [-0.3, -0.25) is 14.7 Å². The van der Waals surface area contributed by atoms with Crippen LogP contribution < -0.4 is 4.90 Å². The highest BCUT2D eigenvalue weighted by molar-refractivity contribution is 6.35. The molecule has 6 nitrogen and oxygen atoms in total. The van der Waals surface area contributed by atoms with E-state index >= 15 is 0 Å². The Morgan fingerprint density at radius 3 is 2.65 bits per heavy atom. The molecule has 2 amide bonds. The van der Waals surface area contributed by atoms with E-state index in [4.69, 9.17) is 11.6 Å². The third-order valence-electron chi connectivity index (χ3n) is 2.68. The summed E-state index contributed by atoms with van der Waals surface area (Å²) in [5.74, 6) is -0.190. The summed E-state index contributed by atoms with van der Waals surface area (Å²) in [7, 11) is 0. The van der Waals surface area contributed by atoms with Crippen LogP contribution in [0.1, 0.15) is 12.8 Å². The van der Waals surface area contributed by atoms with Gasteiger partial charge in [0.15, 0.2) is 5.82 Å². The zero-order valence-electron chi connectivity index (χ0n) is 8.61. The highest BCUT2D eigenvalue weighted by atomic mass is 35.5. The summed E-state index contributed by atoms with van der Waals surface area (Å²) in [6.45, 7) is 0. The lowest BCUT2D eigenvalue weighted by molar-refractivity contribution is -0.121. The minimum absolute atomic E-state index is 0.225. The molecule has 3 rings (SSSR count). The van der Waals surface area contributed by atoms with Gasteiger partial charge < -0.3 is 0 Å². The predicted molar refractivity (Wildman–Crippen MR) is 60.6 cm³/mol. The Kier molecular flexibility index (Phi) is 2.12. The molecular weight excluding hydrogens is 244 g/mol. The van der Waals surface area contributed by atoms with Gasteiger partial charge in [0.25, 0.3) is 0 Å². The number of imide groups is 1. The van der Waals surface area contributed by atoms with Crippen LogP contribution in [0.3, 0.4) is 0 Å². The molecule has 0 unspecified atom stereocenters. The number of hydrogen-bond donors (Lipinski definition) is 1. The number of nitrogens with one attached hydrogen (secondary N) is 1. The monoisotopic (exact) mass is 250 g/mol. The number of H-pyrrole nitrogens is 1. The molecule has 1 aliphatic rings. The Hall–Kier alpha value is -1.95. The van der Waals surface area contributed by atoms with Gasteiger partial charge >= 0.3 is 0 Å². The van der Waals surface area contributed by atoms with E-state index < -0.39 is 0 Å². The molecule has 86 valence electrons. The van der Waals surface area contributed by atoms with Crippen molar-refractivity contribution in [3.8, 4) is 0 Å². The maximum Gasteiger partial charge on any atom is 0.235 e. The summed E-state index contributed by atoms with van der Waals surface area (Å²) in [6, 6.07) is 0. The number of anilines is 1. The van der Waals surface area contributed by atoms with Gasteiger partial charge in [0.05, 0.1) is 28.3 Å². The van der Waals surface area contributed by atoms with Crippen LogP contribution >= 0.6 is 11.6 Å². The van der Waals surface area contributed by atoms with Crippen LogP contribution in [-0.4, -0.2) is 27.0 Å². The molecule has 1 aliphatic heterocycles. The fourth-order valence-electron chi connectivity index (χ4n) is 1.88. The summed E-state index contributed by atoms with van der Waals surface area (Å²) in [5, 5.41) is 7.53.